The molecular formula is C16H26N2O2. The van der Waals surface area contributed by atoms with E-state index in [1.54, 1.807) is 0 Å². The Bertz CT molecular complexity index is 403. The number of nitrogens with one attached hydrogen (secondary N) is 2. The van der Waals surface area contributed by atoms with Crippen molar-refractivity contribution in [2.24, 2.45) is 5.92 Å². The fourth-order valence-corrected chi connectivity index (χ4v) is 1.92. The van der Waals surface area contributed by atoms with Crippen LogP contribution in [0.4, 0.5) is 0 Å². The summed E-state index contributed by atoms with van der Waals surface area (Å²) in [4.78, 5) is 10.8. The maximum absolute atomic E-state index is 10.8. The van der Waals surface area contributed by atoms with Crippen molar-refractivity contribution >= 4 is 5.91 Å². The molecule has 1 aromatic rings. The van der Waals surface area contributed by atoms with Gasteiger partial charge in [-0.05, 0) is 30.4 Å². The number of benzene rings is 1. The van der Waals surface area contributed by atoms with Gasteiger partial charge in [0.25, 0.3) is 0 Å². The van der Waals surface area contributed by atoms with Crippen LogP contribution in [-0.4, -0.2) is 30.7 Å². The van der Waals surface area contributed by atoms with Crippen molar-refractivity contribution in [3.63, 3.8) is 0 Å². The molecule has 2 unspecified atom stereocenters. The van der Waals surface area contributed by atoms with Gasteiger partial charge in [-0.3, -0.25) is 4.79 Å². The van der Waals surface area contributed by atoms with Gasteiger partial charge in [0.05, 0.1) is 0 Å². The lowest BCUT2D eigenvalue weighted by atomic mass is 10.0. The lowest BCUT2D eigenvalue weighted by molar-refractivity contribution is -0.118. The average molecular weight is 278 g/mol. The van der Waals surface area contributed by atoms with E-state index in [1.165, 1.54) is 18.1 Å². The molecule has 1 amide bonds. The predicted octanol–water partition coefficient (Wildman–Crippen LogP) is 1.64. The van der Waals surface area contributed by atoms with E-state index in [2.05, 4.69) is 41.8 Å². The van der Waals surface area contributed by atoms with Gasteiger partial charge in [-0.2, -0.15) is 0 Å². The Hall–Kier alpha value is -1.39. The number of amides is 1. The van der Waals surface area contributed by atoms with Gasteiger partial charge in [-0.25, -0.2) is 0 Å². The van der Waals surface area contributed by atoms with E-state index < -0.39 is 0 Å². The number of hydrogen-bond acceptors (Lipinski definition) is 3. The zero-order valence-electron chi connectivity index (χ0n) is 12.6. The molecule has 112 valence electrons. The van der Waals surface area contributed by atoms with E-state index in [0.717, 1.165) is 13.0 Å². The lowest BCUT2D eigenvalue weighted by Crippen LogP contribution is -2.26. The Morgan fingerprint density at radius 3 is 2.45 bits per heavy atom. The molecule has 1 aromatic carbocycles. The SMILES string of the molecule is CC(=O)NCCc1ccc(C(C)NCC(C)CO)cc1. The summed E-state index contributed by atoms with van der Waals surface area (Å²) in [7, 11) is 0. The third-order valence-corrected chi connectivity index (χ3v) is 3.35. The second-order valence-corrected chi connectivity index (χ2v) is 5.39. The van der Waals surface area contributed by atoms with Crippen molar-refractivity contribution in [2.45, 2.75) is 33.2 Å². The highest BCUT2D eigenvalue weighted by molar-refractivity contribution is 5.72. The summed E-state index contributed by atoms with van der Waals surface area (Å²) < 4.78 is 0. The highest BCUT2D eigenvalue weighted by Crippen LogP contribution is 2.14. The normalized spacial score (nSPS) is 13.8. The van der Waals surface area contributed by atoms with Crippen LogP contribution in [0.25, 0.3) is 0 Å². The monoisotopic (exact) mass is 278 g/mol. The molecule has 0 radical (unpaired) electrons. The summed E-state index contributed by atoms with van der Waals surface area (Å²) in [6, 6.07) is 8.71. The van der Waals surface area contributed by atoms with Crippen LogP contribution in [0.3, 0.4) is 0 Å². The maximum atomic E-state index is 10.8. The molecule has 0 aliphatic heterocycles. The van der Waals surface area contributed by atoms with E-state index in [0.29, 0.717) is 6.54 Å². The lowest BCUT2D eigenvalue weighted by Gasteiger charge is -2.17. The molecule has 0 fully saturated rings. The van der Waals surface area contributed by atoms with Crippen molar-refractivity contribution in [3.8, 4) is 0 Å². The summed E-state index contributed by atoms with van der Waals surface area (Å²) in [6.45, 7) is 7.37. The number of rotatable bonds is 8. The summed E-state index contributed by atoms with van der Waals surface area (Å²) in [5.41, 5.74) is 2.46. The fourth-order valence-electron chi connectivity index (χ4n) is 1.92. The third-order valence-electron chi connectivity index (χ3n) is 3.35. The van der Waals surface area contributed by atoms with Gasteiger partial charge in [0.2, 0.25) is 5.91 Å². The minimum atomic E-state index is 0.0115. The molecule has 0 saturated carbocycles. The molecule has 0 aromatic heterocycles. The molecule has 4 nitrogen and oxygen atoms in total. The third kappa shape index (κ3) is 6.17. The molecule has 0 aliphatic carbocycles. The van der Waals surface area contributed by atoms with Gasteiger partial charge >= 0.3 is 0 Å². The Balaban J connectivity index is 2.42. The van der Waals surface area contributed by atoms with Gasteiger partial charge < -0.3 is 15.7 Å². The zero-order chi connectivity index (χ0) is 15.0. The van der Waals surface area contributed by atoms with Crippen LogP contribution in [0.5, 0.6) is 0 Å². The molecule has 0 spiro atoms. The highest BCUT2D eigenvalue weighted by atomic mass is 16.3. The second kappa shape index (κ2) is 8.72. The first-order chi connectivity index (χ1) is 9.52. The second-order valence-electron chi connectivity index (χ2n) is 5.39. The molecule has 0 bridgehead atoms. The molecular weight excluding hydrogens is 252 g/mol. The van der Waals surface area contributed by atoms with Gasteiger partial charge in [-0.15, -0.1) is 0 Å². The predicted molar refractivity (Wildman–Crippen MR) is 81.5 cm³/mol. The van der Waals surface area contributed by atoms with Crippen molar-refractivity contribution < 1.29 is 9.90 Å². The van der Waals surface area contributed by atoms with Crippen molar-refractivity contribution in [1.82, 2.24) is 10.6 Å². The first-order valence-corrected chi connectivity index (χ1v) is 7.20. The van der Waals surface area contributed by atoms with E-state index in [4.69, 9.17) is 5.11 Å². The minimum absolute atomic E-state index is 0.0115. The first kappa shape index (κ1) is 16.7. The van der Waals surface area contributed by atoms with Crippen LogP contribution in [-0.2, 0) is 11.2 Å². The van der Waals surface area contributed by atoms with E-state index in [9.17, 15) is 4.79 Å². The average Bonchev–Trinajstić information content (AvgIpc) is 2.44. The number of aliphatic hydroxyl groups excluding tert-OH is 1. The number of carbonyl (C=O) groups excluding carboxylic acids is 1. The molecule has 0 aliphatic rings. The molecule has 0 heterocycles. The van der Waals surface area contributed by atoms with Crippen LogP contribution in [0.2, 0.25) is 0 Å². The molecule has 2 atom stereocenters. The molecule has 0 saturated heterocycles. The Morgan fingerprint density at radius 1 is 1.25 bits per heavy atom. The van der Waals surface area contributed by atoms with Crippen LogP contribution in [0, 0.1) is 5.92 Å². The summed E-state index contributed by atoms with van der Waals surface area (Å²) in [5.74, 6) is 0.284. The van der Waals surface area contributed by atoms with Crippen LogP contribution in [0.15, 0.2) is 24.3 Å². The van der Waals surface area contributed by atoms with E-state index in [1.807, 2.05) is 6.92 Å². The Kier molecular flexibility index (Phi) is 7.26. The Labute approximate surface area is 121 Å². The van der Waals surface area contributed by atoms with Gasteiger partial charge in [0.1, 0.15) is 0 Å². The summed E-state index contributed by atoms with van der Waals surface area (Å²) in [6.07, 6.45) is 0.850. The molecule has 3 N–H and O–H groups in total. The number of aliphatic hydroxyl groups is 1. The number of carbonyl (C=O) groups is 1. The minimum Gasteiger partial charge on any atom is -0.396 e. The largest absolute Gasteiger partial charge is 0.396 e. The topological polar surface area (TPSA) is 61.4 Å². The zero-order valence-corrected chi connectivity index (χ0v) is 12.6. The van der Waals surface area contributed by atoms with Gasteiger partial charge in [0.15, 0.2) is 0 Å². The van der Waals surface area contributed by atoms with Crippen LogP contribution < -0.4 is 10.6 Å². The highest BCUT2D eigenvalue weighted by Gasteiger charge is 2.07. The number of hydrogen-bond donors (Lipinski definition) is 3. The standard InChI is InChI=1S/C16H26N2O2/c1-12(11-19)10-18-13(2)16-6-4-15(5-7-16)8-9-17-14(3)20/h4-7,12-13,18-19H,8-11H2,1-3H3,(H,17,20). The van der Waals surface area contributed by atoms with E-state index in [-0.39, 0.29) is 24.5 Å². The maximum Gasteiger partial charge on any atom is 0.216 e. The Morgan fingerprint density at radius 2 is 1.90 bits per heavy atom. The summed E-state index contributed by atoms with van der Waals surface area (Å²) in [5, 5.41) is 15.2. The van der Waals surface area contributed by atoms with Crippen LogP contribution >= 0.6 is 0 Å². The van der Waals surface area contributed by atoms with Crippen molar-refractivity contribution in [1.29, 1.82) is 0 Å². The van der Waals surface area contributed by atoms with E-state index >= 15 is 0 Å². The fraction of sp³-hybridized carbons (Fsp3) is 0.562. The quantitative estimate of drug-likeness (QED) is 0.677. The molecule has 4 heteroatoms. The molecule has 1 rings (SSSR count). The molecule has 20 heavy (non-hydrogen) atoms. The summed E-state index contributed by atoms with van der Waals surface area (Å²) >= 11 is 0. The van der Waals surface area contributed by atoms with Gasteiger partial charge in [-0.1, -0.05) is 31.2 Å². The van der Waals surface area contributed by atoms with Crippen molar-refractivity contribution in [3.05, 3.63) is 35.4 Å². The van der Waals surface area contributed by atoms with Crippen molar-refractivity contribution in [2.75, 3.05) is 19.7 Å². The van der Waals surface area contributed by atoms with Crippen LogP contribution in [0.1, 0.15) is 37.9 Å². The van der Waals surface area contributed by atoms with Gasteiger partial charge in [0, 0.05) is 32.7 Å². The smallest absolute Gasteiger partial charge is 0.216 e. The first-order valence-electron chi connectivity index (χ1n) is 7.20.